The van der Waals surface area contributed by atoms with Crippen LogP contribution in [0.25, 0.3) is 0 Å². The van der Waals surface area contributed by atoms with Crippen LogP contribution in [0.3, 0.4) is 0 Å². The van der Waals surface area contributed by atoms with Crippen molar-refractivity contribution in [1.82, 2.24) is 14.9 Å². The number of nitrogens with one attached hydrogen (secondary N) is 1. The molecule has 0 aliphatic carbocycles. The molecule has 2 rings (SSSR count). The third-order valence-electron chi connectivity index (χ3n) is 2.31. The Morgan fingerprint density at radius 3 is 2.84 bits per heavy atom. The topological polar surface area (TPSA) is 111 Å². The zero-order valence-corrected chi connectivity index (χ0v) is 11.3. The third kappa shape index (κ3) is 3.22. The number of hydrogen-bond acceptors (Lipinski definition) is 6. The average molecular weight is 303 g/mol. The van der Waals surface area contributed by atoms with Crippen molar-refractivity contribution < 1.29 is 12.9 Å². The number of benzene rings is 1. The van der Waals surface area contributed by atoms with E-state index >= 15 is 0 Å². The molecule has 0 aliphatic heterocycles. The summed E-state index contributed by atoms with van der Waals surface area (Å²) in [4.78, 5) is 3.66. The number of nitrogen functional groups attached to an aromatic ring is 1. The third-order valence-corrected chi connectivity index (χ3v) is 4.32. The predicted molar refractivity (Wildman–Crippen MR) is 69.1 cm³/mol. The van der Waals surface area contributed by atoms with Crippen molar-refractivity contribution >= 4 is 27.3 Å². The van der Waals surface area contributed by atoms with Gasteiger partial charge in [-0.25, -0.2) is 13.1 Å². The summed E-state index contributed by atoms with van der Waals surface area (Å²) in [6.07, 6.45) is 1.48. The molecule has 102 valence electrons. The molecular formula is C10H11ClN4O3S. The van der Waals surface area contributed by atoms with Gasteiger partial charge in [0.15, 0.2) is 5.82 Å². The van der Waals surface area contributed by atoms with Crippen molar-refractivity contribution in [3.63, 3.8) is 0 Å². The molecule has 0 radical (unpaired) electrons. The van der Waals surface area contributed by atoms with Crippen LogP contribution in [0.15, 0.2) is 34.0 Å². The van der Waals surface area contributed by atoms with Gasteiger partial charge in [-0.1, -0.05) is 22.8 Å². The SMILES string of the molecule is Nc1cccc(Cl)c1S(=O)(=O)NCCc1ncon1. The lowest BCUT2D eigenvalue weighted by Crippen LogP contribution is -2.27. The van der Waals surface area contributed by atoms with E-state index in [9.17, 15) is 8.42 Å². The minimum Gasteiger partial charge on any atom is -0.398 e. The normalized spacial score (nSPS) is 11.6. The molecule has 0 amide bonds. The molecule has 0 bridgehead atoms. The molecule has 3 N–H and O–H groups in total. The molecule has 1 aromatic carbocycles. The molecular weight excluding hydrogens is 292 g/mol. The molecule has 9 heteroatoms. The van der Waals surface area contributed by atoms with Crippen molar-refractivity contribution in [2.75, 3.05) is 12.3 Å². The van der Waals surface area contributed by atoms with Gasteiger partial charge >= 0.3 is 0 Å². The van der Waals surface area contributed by atoms with Gasteiger partial charge in [-0.2, -0.15) is 4.98 Å². The van der Waals surface area contributed by atoms with Gasteiger partial charge in [-0.05, 0) is 12.1 Å². The summed E-state index contributed by atoms with van der Waals surface area (Å²) < 4.78 is 31.0. The maximum atomic E-state index is 12.1. The Balaban J connectivity index is 2.10. The number of nitrogens with zero attached hydrogens (tertiary/aromatic N) is 2. The summed E-state index contributed by atoms with van der Waals surface area (Å²) in [5, 5.41) is 3.65. The number of rotatable bonds is 5. The first-order chi connectivity index (χ1) is 9.00. The second-order valence-electron chi connectivity index (χ2n) is 3.65. The van der Waals surface area contributed by atoms with Crippen LogP contribution < -0.4 is 10.5 Å². The maximum Gasteiger partial charge on any atom is 0.244 e. The Hall–Kier alpha value is -1.64. The highest BCUT2D eigenvalue weighted by Gasteiger charge is 2.20. The van der Waals surface area contributed by atoms with Crippen LogP contribution in [-0.4, -0.2) is 25.1 Å². The Bertz CT molecular complexity index is 637. The van der Waals surface area contributed by atoms with Gasteiger partial charge in [0.2, 0.25) is 16.4 Å². The molecule has 1 aromatic heterocycles. The van der Waals surface area contributed by atoms with Gasteiger partial charge in [-0.15, -0.1) is 0 Å². The molecule has 2 aromatic rings. The van der Waals surface area contributed by atoms with E-state index in [1.54, 1.807) is 6.07 Å². The largest absolute Gasteiger partial charge is 0.398 e. The fourth-order valence-corrected chi connectivity index (χ4v) is 3.19. The lowest BCUT2D eigenvalue weighted by molar-refractivity contribution is 0.410. The molecule has 0 spiro atoms. The Morgan fingerprint density at radius 1 is 1.42 bits per heavy atom. The van der Waals surface area contributed by atoms with E-state index < -0.39 is 10.0 Å². The predicted octanol–water partition coefficient (Wildman–Crippen LogP) is 0.826. The number of hydrogen-bond donors (Lipinski definition) is 2. The molecule has 0 saturated carbocycles. The van der Waals surface area contributed by atoms with Crippen LogP contribution >= 0.6 is 11.6 Å². The first-order valence-electron chi connectivity index (χ1n) is 5.29. The lowest BCUT2D eigenvalue weighted by atomic mass is 10.3. The van der Waals surface area contributed by atoms with Crippen molar-refractivity contribution in [3.8, 4) is 0 Å². The van der Waals surface area contributed by atoms with E-state index in [1.165, 1.54) is 18.5 Å². The molecule has 0 fully saturated rings. The fraction of sp³-hybridized carbons (Fsp3) is 0.200. The van der Waals surface area contributed by atoms with Gasteiger partial charge in [0.05, 0.1) is 10.7 Å². The Morgan fingerprint density at radius 2 is 2.21 bits per heavy atom. The van der Waals surface area contributed by atoms with Gasteiger partial charge in [0.25, 0.3) is 0 Å². The summed E-state index contributed by atoms with van der Waals surface area (Å²) in [6, 6.07) is 4.52. The Labute approximate surface area is 114 Å². The van der Waals surface area contributed by atoms with Gasteiger partial charge in [0, 0.05) is 13.0 Å². The highest BCUT2D eigenvalue weighted by Crippen LogP contribution is 2.26. The highest BCUT2D eigenvalue weighted by molar-refractivity contribution is 7.89. The van der Waals surface area contributed by atoms with Crippen molar-refractivity contribution in [2.24, 2.45) is 0 Å². The summed E-state index contributed by atoms with van der Waals surface area (Å²) in [6.45, 7) is 0.118. The molecule has 0 atom stereocenters. The molecule has 7 nitrogen and oxygen atoms in total. The molecule has 0 saturated heterocycles. The van der Waals surface area contributed by atoms with Crippen molar-refractivity contribution in [2.45, 2.75) is 11.3 Å². The van der Waals surface area contributed by atoms with E-state index in [1.807, 2.05) is 0 Å². The van der Waals surface area contributed by atoms with E-state index in [4.69, 9.17) is 17.3 Å². The number of nitrogens with two attached hydrogens (primary N) is 1. The summed E-state index contributed by atoms with van der Waals surface area (Å²) in [5.41, 5.74) is 5.73. The van der Waals surface area contributed by atoms with Crippen LogP contribution in [0.1, 0.15) is 5.82 Å². The smallest absolute Gasteiger partial charge is 0.244 e. The zero-order chi connectivity index (χ0) is 13.9. The number of halogens is 1. The van der Waals surface area contributed by atoms with Crippen LogP contribution in [-0.2, 0) is 16.4 Å². The van der Waals surface area contributed by atoms with E-state index in [2.05, 4.69) is 19.4 Å². The summed E-state index contributed by atoms with van der Waals surface area (Å²) >= 11 is 5.85. The molecule has 0 unspecified atom stereocenters. The van der Waals surface area contributed by atoms with Crippen LogP contribution in [0.5, 0.6) is 0 Å². The second-order valence-corrected chi connectivity index (χ2v) is 5.76. The van der Waals surface area contributed by atoms with Crippen molar-refractivity contribution in [3.05, 3.63) is 35.4 Å². The van der Waals surface area contributed by atoms with Crippen LogP contribution in [0.2, 0.25) is 5.02 Å². The lowest BCUT2D eigenvalue weighted by Gasteiger charge is -2.09. The van der Waals surface area contributed by atoms with E-state index in [0.717, 1.165) is 0 Å². The minimum absolute atomic E-state index is 0.0760. The van der Waals surface area contributed by atoms with Gasteiger partial charge in [-0.3, -0.25) is 0 Å². The molecule has 0 aliphatic rings. The maximum absolute atomic E-state index is 12.1. The van der Waals surface area contributed by atoms with Gasteiger partial charge < -0.3 is 10.3 Å². The highest BCUT2D eigenvalue weighted by atomic mass is 35.5. The fourth-order valence-electron chi connectivity index (χ4n) is 1.48. The standard InChI is InChI=1S/C10H11ClN4O3S/c11-7-2-1-3-8(12)10(7)19(16,17)14-5-4-9-13-6-18-15-9/h1-3,6,14H,4-5,12H2. The monoisotopic (exact) mass is 302 g/mol. The average Bonchev–Trinajstić information content (AvgIpc) is 2.81. The second kappa shape index (κ2) is 5.55. The zero-order valence-electron chi connectivity index (χ0n) is 9.71. The number of anilines is 1. The van der Waals surface area contributed by atoms with Crippen LogP contribution in [0.4, 0.5) is 5.69 Å². The molecule has 19 heavy (non-hydrogen) atoms. The van der Waals surface area contributed by atoms with E-state index in [0.29, 0.717) is 12.2 Å². The quantitative estimate of drug-likeness (QED) is 0.791. The Kier molecular flexibility index (Phi) is 4.03. The molecule has 1 heterocycles. The summed E-state index contributed by atoms with van der Waals surface area (Å²) in [7, 11) is -3.77. The first-order valence-corrected chi connectivity index (χ1v) is 7.16. The number of aromatic nitrogens is 2. The van der Waals surface area contributed by atoms with Crippen molar-refractivity contribution in [1.29, 1.82) is 0 Å². The van der Waals surface area contributed by atoms with Crippen LogP contribution in [0, 0.1) is 0 Å². The first kappa shape index (κ1) is 13.8. The van der Waals surface area contributed by atoms with E-state index in [-0.39, 0.29) is 22.2 Å². The summed E-state index contributed by atoms with van der Waals surface area (Å²) in [5.74, 6) is 0.412. The minimum atomic E-state index is -3.77. The number of sulfonamides is 1. The van der Waals surface area contributed by atoms with Gasteiger partial charge in [0.1, 0.15) is 4.90 Å².